The molecule has 0 unspecified atom stereocenters. The first-order chi connectivity index (χ1) is 41.5. The van der Waals surface area contributed by atoms with Gasteiger partial charge in [-0.3, -0.25) is 59.9 Å². The van der Waals surface area contributed by atoms with Gasteiger partial charge in [0.15, 0.2) is 0 Å². The second kappa shape index (κ2) is 27.3. The topological polar surface area (TPSA) is 148 Å². The molecule has 10 aliphatic rings. The Labute approximate surface area is 498 Å². The van der Waals surface area contributed by atoms with Gasteiger partial charge < -0.3 is 0 Å². The monoisotopic (exact) mass is 1120 g/mol. The molecule has 12 heteroatoms. The molecule has 0 saturated heterocycles. The van der Waals surface area contributed by atoms with Crippen LogP contribution in [0.3, 0.4) is 0 Å². The van der Waals surface area contributed by atoms with Crippen molar-refractivity contribution in [1.82, 2.24) is 0 Å². The van der Waals surface area contributed by atoms with Gasteiger partial charge in [-0.2, -0.15) is 0 Å². The quantitative estimate of drug-likeness (QED) is 0.165. The zero-order valence-electron chi connectivity index (χ0n) is 49.1. The third-order valence-electron chi connectivity index (χ3n) is 19.1. The highest BCUT2D eigenvalue weighted by Crippen LogP contribution is 2.31. The molecule has 14 rings (SSSR count). The molecule has 432 valence electrons. The second-order valence-electron chi connectivity index (χ2n) is 25.6. The molecule has 4 heterocycles. The van der Waals surface area contributed by atoms with Crippen molar-refractivity contribution in [3.63, 3.8) is 0 Å². The maximum absolute atomic E-state index is 5.41. The van der Waals surface area contributed by atoms with Crippen LogP contribution in [0.5, 0.6) is 0 Å². The van der Waals surface area contributed by atoms with Crippen LogP contribution in [0.4, 0.5) is 0 Å². The molecule has 0 amide bonds. The van der Waals surface area contributed by atoms with Crippen LogP contribution in [-0.2, 0) is 0 Å². The molecular formula is C72H84N12. The van der Waals surface area contributed by atoms with Gasteiger partial charge in [0.05, 0.1) is 72.5 Å². The molecule has 4 aromatic carbocycles. The molecule has 0 N–H and O–H groups in total. The van der Waals surface area contributed by atoms with Crippen LogP contribution in [0.2, 0.25) is 0 Å². The molecule has 4 aliphatic heterocycles. The van der Waals surface area contributed by atoms with Gasteiger partial charge >= 0.3 is 0 Å². The summed E-state index contributed by atoms with van der Waals surface area (Å²) in [5, 5.41) is 0. The maximum Gasteiger partial charge on any atom is 0.0723 e. The van der Waals surface area contributed by atoms with E-state index in [0.29, 0.717) is 0 Å². The average molecular weight is 1120 g/mol. The molecule has 12 atom stereocenters. The molecule has 84 heavy (non-hydrogen) atoms. The summed E-state index contributed by atoms with van der Waals surface area (Å²) < 4.78 is 0. The van der Waals surface area contributed by atoms with Crippen molar-refractivity contribution in [1.29, 1.82) is 0 Å². The standard InChI is InChI=1S/C72H84N12/c1-2-14-62-61(13-1)73-37-49-25-51-29-52(26-49)40-76-64-16-4-6-18-66(64)80-44-56-32-58-36-60(34-56)48-84-72-24-12-11-23-71(72)83-47-59-33-55(43-79-65-17-5-3-15-63(65)75-39-51)31-57(35-59)45-81-69-21-9-7-19-67(69)77-41-53-27-50(38-74-62)28-54(30-53)42-78-68-20-8-10-22-70(68)82-46-58/h25-48,61-72H,1-24H2/t61-,62-,63-,64-,65-,66-,67-,68-,69-,70-,71-,72-/m0/s1. The fourth-order valence-corrected chi connectivity index (χ4v) is 14.5. The molecule has 12 bridgehead atoms. The summed E-state index contributed by atoms with van der Waals surface area (Å²) in [5.41, 5.74) is 12.6. The van der Waals surface area contributed by atoms with Crippen LogP contribution in [-0.4, -0.2) is 147 Å². The van der Waals surface area contributed by atoms with E-state index in [1.54, 1.807) is 0 Å². The first kappa shape index (κ1) is 56.1. The fraction of sp³-hybridized carbons (Fsp3) is 0.500. The summed E-state index contributed by atoms with van der Waals surface area (Å²) in [6.07, 6.45) is 50.8. The first-order valence-electron chi connectivity index (χ1n) is 32.5. The molecule has 0 radical (unpaired) electrons. The van der Waals surface area contributed by atoms with Gasteiger partial charge in [0.25, 0.3) is 0 Å². The van der Waals surface area contributed by atoms with E-state index in [4.69, 9.17) is 59.9 Å². The highest BCUT2D eigenvalue weighted by molar-refractivity contribution is 5.96. The highest BCUT2D eigenvalue weighted by atomic mass is 14.9. The predicted molar refractivity (Wildman–Crippen MR) is 353 cm³/mol. The third kappa shape index (κ3) is 14.7. The Balaban J connectivity index is 1.00. The molecular weight excluding hydrogens is 1030 g/mol. The number of hydrogen-bond acceptors (Lipinski definition) is 12. The Bertz CT molecular complexity index is 2510. The van der Waals surface area contributed by atoms with Crippen molar-refractivity contribution < 1.29 is 0 Å². The lowest BCUT2D eigenvalue weighted by Gasteiger charge is -2.26. The Morgan fingerprint density at radius 1 is 0.143 bits per heavy atom. The van der Waals surface area contributed by atoms with Crippen molar-refractivity contribution in [2.24, 2.45) is 59.9 Å². The Morgan fingerprint density at radius 2 is 0.226 bits per heavy atom. The number of benzene rings is 4. The number of rotatable bonds is 0. The molecule has 6 aliphatic carbocycles. The summed E-state index contributed by atoms with van der Waals surface area (Å²) in [6.45, 7) is 0. The summed E-state index contributed by atoms with van der Waals surface area (Å²) >= 11 is 0. The normalized spacial score (nSPS) is 30.6. The van der Waals surface area contributed by atoms with Gasteiger partial charge in [-0.25, -0.2) is 0 Å². The van der Waals surface area contributed by atoms with Gasteiger partial charge in [0.2, 0.25) is 0 Å². The molecule has 6 saturated carbocycles. The van der Waals surface area contributed by atoms with E-state index in [2.05, 4.69) is 147 Å². The van der Waals surface area contributed by atoms with Crippen LogP contribution in [0.25, 0.3) is 0 Å². The third-order valence-corrected chi connectivity index (χ3v) is 19.1. The molecule has 0 spiro atoms. The average Bonchev–Trinajstić information content (AvgIpc) is 3.66. The summed E-state index contributed by atoms with van der Waals surface area (Å²) in [6, 6.07) is 27.7. The van der Waals surface area contributed by atoms with Crippen LogP contribution in [0, 0.1) is 0 Å². The summed E-state index contributed by atoms with van der Waals surface area (Å²) in [7, 11) is 0. The lowest BCUT2D eigenvalue weighted by molar-refractivity contribution is 0.390. The van der Waals surface area contributed by atoms with Gasteiger partial charge in [-0.15, -0.1) is 0 Å². The Morgan fingerprint density at radius 3 is 0.310 bits per heavy atom. The van der Waals surface area contributed by atoms with Crippen LogP contribution >= 0.6 is 0 Å². The zero-order valence-corrected chi connectivity index (χ0v) is 49.1. The van der Waals surface area contributed by atoms with Crippen molar-refractivity contribution in [2.75, 3.05) is 0 Å². The lowest BCUT2D eigenvalue weighted by Crippen LogP contribution is -2.27. The maximum atomic E-state index is 5.41. The predicted octanol–water partition coefficient (Wildman–Crippen LogP) is 13.7. The van der Waals surface area contributed by atoms with Gasteiger partial charge in [0, 0.05) is 74.6 Å². The number of hydrogen-bond donors (Lipinski definition) is 0. The minimum absolute atomic E-state index is 0.0680. The SMILES string of the molecule is C1=N[C@H]2CCCC[C@@H]2N=Cc2cc3cc(c2)C=N[C@H]2CCCC[C@@H]2N=Cc2cc4cc(c2)C=N[C@H]2CCCC[C@@H]2N=Cc2cc(cc(c2)C=N[C@H]2CCCC[C@@H]2N=C3)C=N[C@H]2CCCC[C@@H]2N=Cc2cc1cc(c2)C=N[C@H]1CCCC[C@@H]1N=C4. The summed E-state index contributed by atoms with van der Waals surface area (Å²) in [4.78, 5) is 64.9. The molecule has 4 aromatic rings. The summed E-state index contributed by atoms with van der Waals surface area (Å²) in [5.74, 6) is 0. The van der Waals surface area contributed by atoms with E-state index in [-0.39, 0.29) is 72.5 Å². The zero-order chi connectivity index (χ0) is 56.3. The molecule has 0 aromatic heterocycles. The fourth-order valence-electron chi connectivity index (χ4n) is 14.5. The van der Waals surface area contributed by atoms with Gasteiger partial charge in [-0.1, -0.05) is 77.0 Å². The van der Waals surface area contributed by atoms with E-state index in [9.17, 15) is 0 Å². The van der Waals surface area contributed by atoms with Crippen LogP contribution < -0.4 is 0 Å². The van der Waals surface area contributed by atoms with E-state index < -0.39 is 0 Å². The van der Waals surface area contributed by atoms with Crippen molar-refractivity contribution in [2.45, 2.75) is 227 Å². The van der Waals surface area contributed by atoms with Gasteiger partial charge in [0.1, 0.15) is 0 Å². The second-order valence-corrected chi connectivity index (χ2v) is 25.6. The van der Waals surface area contributed by atoms with E-state index >= 15 is 0 Å². The number of nitrogens with zero attached hydrogens (tertiary/aromatic N) is 12. The van der Waals surface area contributed by atoms with Crippen molar-refractivity contribution >= 4 is 74.6 Å². The van der Waals surface area contributed by atoms with Gasteiger partial charge in [-0.05, 0) is 217 Å². The Hall–Kier alpha value is -7.08. The minimum Gasteiger partial charge on any atom is -0.287 e. The van der Waals surface area contributed by atoms with E-state index in [1.807, 2.05) is 0 Å². The lowest BCUT2D eigenvalue weighted by atomic mass is 9.91. The molecule has 12 nitrogen and oxygen atoms in total. The van der Waals surface area contributed by atoms with Crippen LogP contribution in [0.15, 0.2) is 133 Å². The van der Waals surface area contributed by atoms with E-state index in [0.717, 1.165) is 221 Å². The van der Waals surface area contributed by atoms with E-state index in [1.165, 1.54) is 0 Å². The van der Waals surface area contributed by atoms with Crippen molar-refractivity contribution in [3.05, 3.63) is 140 Å². The van der Waals surface area contributed by atoms with Crippen LogP contribution in [0.1, 0.15) is 221 Å². The largest absolute Gasteiger partial charge is 0.287 e. The molecule has 6 fully saturated rings. The van der Waals surface area contributed by atoms with Crippen molar-refractivity contribution in [3.8, 4) is 0 Å². The minimum atomic E-state index is 0.0680. The highest BCUT2D eigenvalue weighted by Gasteiger charge is 2.29. The first-order valence-corrected chi connectivity index (χ1v) is 32.5. The number of aliphatic imine (C=N–C) groups is 12. The Kier molecular flexibility index (Phi) is 18.2. The smallest absolute Gasteiger partial charge is 0.0723 e.